The zero-order chi connectivity index (χ0) is 16.4. The largest absolute Gasteiger partial charge is 0.411 e. The van der Waals surface area contributed by atoms with E-state index < -0.39 is 0 Å². The summed E-state index contributed by atoms with van der Waals surface area (Å²) in [7, 11) is 0. The van der Waals surface area contributed by atoms with E-state index in [1.165, 1.54) is 0 Å². The highest BCUT2D eigenvalue weighted by atomic mass is 16.4. The first-order valence-electron chi connectivity index (χ1n) is 8.60. The van der Waals surface area contributed by atoms with Crippen LogP contribution in [0.1, 0.15) is 46.0 Å². The highest BCUT2D eigenvalue weighted by Gasteiger charge is 2.59. The van der Waals surface area contributed by atoms with Gasteiger partial charge >= 0.3 is 0 Å². The Balaban J connectivity index is 1.80. The number of fused-ring (bicyclic) bond motifs is 5. The van der Waals surface area contributed by atoms with Gasteiger partial charge in [-0.2, -0.15) is 0 Å². The molecule has 23 heavy (non-hydrogen) atoms. The zero-order valence-electron chi connectivity index (χ0n) is 13.7. The van der Waals surface area contributed by atoms with Gasteiger partial charge in [-0.25, -0.2) is 0 Å². The smallest absolute Gasteiger partial charge is 0.178 e. The monoisotopic (exact) mass is 313 g/mol. The normalized spacial score (nSPS) is 47.1. The highest BCUT2D eigenvalue weighted by Crippen LogP contribution is 2.62. The second kappa shape index (κ2) is 4.65. The van der Waals surface area contributed by atoms with Crippen LogP contribution in [-0.4, -0.2) is 22.5 Å². The van der Waals surface area contributed by atoms with Crippen LogP contribution in [0.2, 0.25) is 0 Å². The Bertz CT molecular complexity index is 689. The van der Waals surface area contributed by atoms with Crippen LogP contribution in [-0.2, 0) is 9.59 Å². The van der Waals surface area contributed by atoms with Gasteiger partial charge in [0, 0.05) is 17.3 Å². The fourth-order valence-electron chi connectivity index (χ4n) is 5.92. The van der Waals surface area contributed by atoms with Crippen LogP contribution in [0.15, 0.2) is 29.0 Å². The molecule has 0 bridgehead atoms. The summed E-state index contributed by atoms with van der Waals surface area (Å²) >= 11 is 0. The molecule has 0 spiro atoms. The number of hydrogen-bond donors (Lipinski definition) is 1. The van der Waals surface area contributed by atoms with Gasteiger partial charge in [-0.15, -0.1) is 0 Å². The lowest BCUT2D eigenvalue weighted by atomic mass is 9.48. The molecule has 0 amide bonds. The Kier molecular flexibility index (Phi) is 3.00. The summed E-state index contributed by atoms with van der Waals surface area (Å²) in [5.41, 5.74) is 1.05. The molecule has 4 heteroatoms. The van der Waals surface area contributed by atoms with Crippen LogP contribution in [0, 0.1) is 28.6 Å². The van der Waals surface area contributed by atoms with Crippen molar-refractivity contribution < 1.29 is 14.8 Å². The molecule has 4 aliphatic rings. The lowest BCUT2D eigenvalue weighted by Gasteiger charge is -2.55. The molecule has 5 atom stereocenters. The number of carbonyl (C=O) groups excluding carboxylic acids is 2. The first kappa shape index (κ1) is 14.9. The molecule has 122 valence electrons. The standard InChI is InChI=1S/C19H23NO3/c1-18-7-5-11(21)9-15(18)16(20-23)10-12-13-3-4-17(22)19(13,2)8-6-14(12)18/h5,7,9,12-14,23H,3-4,6,8,10H2,1-2H3/b20-16+/t12-,13-,14-,18+,19-/m0/s1. The quantitative estimate of drug-likeness (QED) is 0.551. The molecule has 0 aromatic carbocycles. The number of oxime groups is 1. The zero-order valence-corrected chi connectivity index (χ0v) is 13.7. The van der Waals surface area contributed by atoms with Gasteiger partial charge in [0.15, 0.2) is 5.78 Å². The van der Waals surface area contributed by atoms with Crippen LogP contribution in [0.25, 0.3) is 0 Å². The summed E-state index contributed by atoms with van der Waals surface area (Å²) in [5, 5.41) is 13.1. The minimum Gasteiger partial charge on any atom is -0.411 e. The molecule has 3 fully saturated rings. The molecule has 0 aromatic rings. The molecule has 0 heterocycles. The Hall–Kier alpha value is -1.71. The van der Waals surface area contributed by atoms with E-state index in [0.29, 0.717) is 42.1 Å². The maximum absolute atomic E-state index is 12.4. The third-order valence-electron chi connectivity index (χ3n) is 7.24. The first-order valence-corrected chi connectivity index (χ1v) is 8.60. The van der Waals surface area contributed by atoms with Gasteiger partial charge in [0.2, 0.25) is 0 Å². The Morgan fingerprint density at radius 3 is 2.74 bits per heavy atom. The SMILES string of the molecule is C[C@]12C=CC(=O)C=C1/C(=N/O)C[C@@H]1[C@@H]2CC[C@]2(C)C(=O)CC[C@@H]12. The van der Waals surface area contributed by atoms with Crippen molar-refractivity contribution in [3.8, 4) is 0 Å². The van der Waals surface area contributed by atoms with Crippen molar-refractivity contribution >= 4 is 17.3 Å². The molecule has 3 saturated carbocycles. The fourth-order valence-corrected chi connectivity index (χ4v) is 5.92. The number of allylic oxidation sites excluding steroid dienone is 4. The maximum Gasteiger partial charge on any atom is 0.178 e. The number of Topliss-reactive ketones (excluding diaryl/α,β-unsaturated/α-hetero) is 1. The van der Waals surface area contributed by atoms with E-state index in [9.17, 15) is 14.8 Å². The van der Waals surface area contributed by atoms with Crippen LogP contribution < -0.4 is 0 Å². The van der Waals surface area contributed by atoms with Crippen molar-refractivity contribution in [3.05, 3.63) is 23.8 Å². The van der Waals surface area contributed by atoms with Gasteiger partial charge in [0.25, 0.3) is 0 Å². The van der Waals surface area contributed by atoms with E-state index in [1.54, 1.807) is 12.2 Å². The van der Waals surface area contributed by atoms with Crippen molar-refractivity contribution in [1.82, 2.24) is 0 Å². The Labute approximate surface area is 136 Å². The van der Waals surface area contributed by atoms with Gasteiger partial charge in [-0.05, 0) is 61.2 Å². The van der Waals surface area contributed by atoms with Gasteiger partial charge in [-0.1, -0.05) is 25.1 Å². The summed E-state index contributed by atoms with van der Waals surface area (Å²) in [5.74, 6) is 1.51. The van der Waals surface area contributed by atoms with Crippen LogP contribution in [0.5, 0.6) is 0 Å². The van der Waals surface area contributed by atoms with E-state index in [0.717, 1.165) is 24.8 Å². The number of nitrogens with zero attached hydrogens (tertiary/aromatic N) is 1. The van der Waals surface area contributed by atoms with E-state index in [2.05, 4.69) is 19.0 Å². The van der Waals surface area contributed by atoms with Gasteiger partial charge < -0.3 is 5.21 Å². The fraction of sp³-hybridized carbons (Fsp3) is 0.632. The topological polar surface area (TPSA) is 66.7 Å². The van der Waals surface area contributed by atoms with Crippen molar-refractivity contribution in [2.24, 2.45) is 33.7 Å². The number of rotatable bonds is 0. The molecule has 0 saturated heterocycles. The predicted molar refractivity (Wildman–Crippen MR) is 86.2 cm³/mol. The molecule has 4 aliphatic carbocycles. The van der Waals surface area contributed by atoms with E-state index in [-0.39, 0.29) is 16.6 Å². The molecule has 4 nitrogen and oxygen atoms in total. The maximum atomic E-state index is 12.4. The van der Waals surface area contributed by atoms with Crippen LogP contribution >= 0.6 is 0 Å². The average molecular weight is 313 g/mol. The third kappa shape index (κ3) is 1.81. The van der Waals surface area contributed by atoms with Gasteiger partial charge in [0.1, 0.15) is 5.78 Å². The van der Waals surface area contributed by atoms with Crippen LogP contribution in [0.4, 0.5) is 0 Å². The molecule has 0 aromatic heterocycles. The summed E-state index contributed by atoms with van der Waals surface area (Å²) in [4.78, 5) is 24.2. The summed E-state index contributed by atoms with van der Waals surface area (Å²) in [6, 6.07) is 0. The van der Waals surface area contributed by atoms with Gasteiger partial charge in [-0.3, -0.25) is 9.59 Å². The molecule has 4 rings (SSSR count). The van der Waals surface area contributed by atoms with Crippen LogP contribution in [0.3, 0.4) is 0 Å². The number of ketones is 2. The molecule has 1 N–H and O–H groups in total. The minimum absolute atomic E-state index is 0.0335. The second-order valence-corrected chi connectivity index (χ2v) is 8.12. The molecule has 0 radical (unpaired) electrons. The third-order valence-corrected chi connectivity index (χ3v) is 7.24. The Morgan fingerprint density at radius 2 is 2.00 bits per heavy atom. The lowest BCUT2D eigenvalue weighted by Crippen LogP contribution is -2.52. The molecule has 0 unspecified atom stereocenters. The molecule has 0 aliphatic heterocycles. The summed E-state index contributed by atoms with van der Waals surface area (Å²) in [6.07, 6.45) is 9.54. The molecular weight excluding hydrogens is 290 g/mol. The summed E-state index contributed by atoms with van der Waals surface area (Å²) < 4.78 is 0. The van der Waals surface area contributed by atoms with E-state index >= 15 is 0 Å². The first-order chi connectivity index (χ1) is 10.9. The van der Waals surface area contributed by atoms with Crippen molar-refractivity contribution in [2.45, 2.75) is 46.0 Å². The van der Waals surface area contributed by atoms with Crippen molar-refractivity contribution in [2.75, 3.05) is 0 Å². The minimum atomic E-state index is -0.259. The van der Waals surface area contributed by atoms with E-state index in [1.807, 2.05) is 6.08 Å². The highest BCUT2D eigenvalue weighted by molar-refractivity contribution is 6.12. The molecular formula is C19H23NO3. The van der Waals surface area contributed by atoms with Crippen molar-refractivity contribution in [3.63, 3.8) is 0 Å². The number of carbonyl (C=O) groups is 2. The predicted octanol–water partition coefficient (Wildman–Crippen LogP) is 3.30. The number of hydrogen-bond acceptors (Lipinski definition) is 4. The lowest BCUT2D eigenvalue weighted by molar-refractivity contribution is -0.130. The van der Waals surface area contributed by atoms with E-state index in [4.69, 9.17) is 0 Å². The van der Waals surface area contributed by atoms with Gasteiger partial charge in [0.05, 0.1) is 5.71 Å². The van der Waals surface area contributed by atoms with Crippen molar-refractivity contribution in [1.29, 1.82) is 0 Å². The second-order valence-electron chi connectivity index (χ2n) is 8.12. The summed E-state index contributed by atoms with van der Waals surface area (Å²) in [6.45, 7) is 4.29. The Morgan fingerprint density at radius 1 is 1.22 bits per heavy atom. The average Bonchev–Trinajstić information content (AvgIpc) is 2.83.